The fraction of sp³-hybridized carbons (Fsp3) is 0.538. The van der Waals surface area contributed by atoms with Crippen LogP contribution in [0.5, 0.6) is 0 Å². The van der Waals surface area contributed by atoms with E-state index in [2.05, 4.69) is 40.7 Å². The van der Waals surface area contributed by atoms with Crippen molar-refractivity contribution in [1.82, 2.24) is 14.4 Å². The second-order valence-corrected chi connectivity index (χ2v) is 5.52. The molecular formula is C13H21N5S. The monoisotopic (exact) mass is 279 g/mol. The second-order valence-electron chi connectivity index (χ2n) is 4.60. The number of thioether (sulfide) groups is 1. The largest absolute Gasteiger partial charge is 0.369 e. The Bertz CT molecular complexity index is 525. The number of anilines is 2. The number of imidazole rings is 1. The van der Waals surface area contributed by atoms with Crippen molar-refractivity contribution in [2.45, 2.75) is 13.8 Å². The first-order valence-corrected chi connectivity index (χ1v) is 7.94. The van der Waals surface area contributed by atoms with Gasteiger partial charge in [0, 0.05) is 25.5 Å². The number of rotatable bonds is 7. The summed E-state index contributed by atoms with van der Waals surface area (Å²) >= 11 is 1.87. The maximum absolute atomic E-state index is 4.58. The van der Waals surface area contributed by atoms with E-state index in [0.29, 0.717) is 5.92 Å². The minimum absolute atomic E-state index is 0.606. The summed E-state index contributed by atoms with van der Waals surface area (Å²) in [6.45, 7) is 6.06. The molecule has 0 aromatic carbocycles. The van der Waals surface area contributed by atoms with Crippen LogP contribution in [0.25, 0.3) is 5.65 Å². The maximum atomic E-state index is 4.58. The van der Waals surface area contributed by atoms with Crippen molar-refractivity contribution in [3.05, 3.63) is 18.6 Å². The van der Waals surface area contributed by atoms with E-state index in [0.717, 1.165) is 36.1 Å². The van der Waals surface area contributed by atoms with Crippen molar-refractivity contribution in [1.29, 1.82) is 0 Å². The topological polar surface area (TPSA) is 54.2 Å². The van der Waals surface area contributed by atoms with Crippen molar-refractivity contribution < 1.29 is 0 Å². The molecule has 0 radical (unpaired) electrons. The van der Waals surface area contributed by atoms with Crippen LogP contribution < -0.4 is 10.6 Å². The lowest BCUT2D eigenvalue weighted by Crippen LogP contribution is -2.15. The van der Waals surface area contributed by atoms with Crippen molar-refractivity contribution >= 4 is 29.0 Å². The number of nitrogens with one attached hydrogen (secondary N) is 2. The first-order chi connectivity index (χ1) is 9.24. The molecule has 0 aliphatic rings. The van der Waals surface area contributed by atoms with Gasteiger partial charge < -0.3 is 15.0 Å². The molecule has 0 saturated heterocycles. The van der Waals surface area contributed by atoms with E-state index in [9.17, 15) is 0 Å². The summed E-state index contributed by atoms with van der Waals surface area (Å²) in [6.07, 6.45) is 7.83. The highest BCUT2D eigenvalue weighted by atomic mass is 32.2. The fourth-order valence-electron chi connectivity index (χ4n) is 1.93. The van der Waals surface area contributed by atoms with E-state index >= 15 is 0 Å². The van der Waals surface area contributed by atoms with E-state index in [4.69, 9.17) is 0 Å². The fourth-order valence-corrected chi connectivity index (χ4v) is 2.62. The van der Waals surface area contributed by atoms with Gasteiger partial charge in [0.1, 0.15) is 5.82 Å². The predicted molar refractivity (Wildman–Crippen MR) is 83.2 cm³/mol. The van der Waals surface area contributed by atoms with Gasteiger partial charge >= 0.3 is 0 Å². The lowest BCUT2D eigenvalue weighted by Gasteiger charge is -2.13. The van der Waals surface area contributed by atoms with E-state index < -0.39 is 0 Å². The zero-order valence-corrected chi connectivity index (χ0v) is 12.5. The minimum atomic E-state index is 0.606. The summed E-state index contributed by atoms with van der Waals surface area (Å²) in [5.41, 5.74) is 0.873. The van der Waals surface area contributed by atoms with Crippen LogP contribution in [0.4, 0.5) is 11.6 Å². The molecule has 2 N–H and O–H groups in total. The van der Waals surface area contributed by atoms with Crippen LogP contribution in [0.1, 0.15) is 13.8 Å². The van der Waals surface area contributed by atoms with Crippen LogP contribution in [0.3, 0.4) is 0 Å². The standard InChI is InChI=1S/C13H21N5S/c1-4-14-11-8-18-6-5-15-13(18)12(17-11)16-7-10(2)9-19-3/h5-6,8,10,14H,4,7,9H2,1-3H3,(H,16,17). The molecule has 0 spiro atoms. The summed E-state index contributed by atoms with van der Waals surface area (Å²) in [7, 11) is 0. The van der Waals surface area contributed by atoms with E-state index in [1.807, 2.05) is 28.6 Å². The number of hydrogen-bond donors (Lipinski definition) is 2. The Labute approximate surface area is 118 Å². The molecule has 5 nitrogen and oxygen atoms in total. The molecule has 0 aliphatic heterocycles. The Balaban J connectivity index is 2.17. The summed E-state index contributed by atoms with van der Waals surface area (Å²) in [6, 6.07) is 0. The molecule has 1 unspecified atom stereocenters. The van der Waals surface area contributed by atoms with Gasteiger partial charge in [-0.1, -0.05) is 6.92 Å². The van der Waals surface area contributed by atoms with E-state index in [1.165, 1.54) is 0 Å². The SMILES string of the molecule is CCNc1cn2ccnc2c(NCC(C)CSC)n1. The third-order valence-electron chi connectivity index (χ3n) is 2.80. The summed E-state index contributed by atoms with van der Waals surface area (Å²) in [5.74, 6) is 3.46. The van der Waals surface area contributed by atoms with Crippen LogP contribution in [0.15, 0.2) is 18.6 Å². The summed E-state index contributed by atoms with van der Waals surface area (Å²) < 4.78 is 1.99. The molecule has 19 heavy (non-hydrogen) atoms. The van der Waals surface area contributed by atoms with Crippen molar-refractivity contribution in [3.8, 4) is 0 Å². The van der Waals surface area contributed by atoms with Gasteiger partial charge in [0.2, 0.25) is 0 Å². The normalized spacial score (nSPS) is 12.6. The molecular weight excluding hydrogens is 258 g/mol. The Morgan fingerprint density at radius 2 is 2.26 bits per heavy atom. The van der Waals surface area contributed by atoms with Crippen LogP contribution in [0, 0.1) is 5.92 Å². The Kier molecular flexibility index (Phi) is 4.90. The zero-order chi connectivity index (χ0) is 13.7. The zero-order valence-electron chi connectivity index (χ0n) is 11.7. The van der Waals surface area contributed by atoms with Gasteiger partial charge in [-0.25, -0.2) is 9.97 Å². The molecule has 1 atom stereocenters. The van der Waals surface area contributed by atoms with Gasteiger partial charge in [-0.2, -0.15) is 11.8 Å². The van der Waals surface area contributed by atoms with E-state index in [1.54, 1.807) is 6.20 Å². The highest BCUT2D eigenvalue weighted by Gasteiger charge is 2.08. The van der Waals surface area contributed by atoms with Gasteiger partial charge in [0.15, 0.2) is 11.5 Å². The van der Waals surface area contributed by atoms with Gasteiger partial charge in [-0.05, 0) is 24.9 Å². The molecule has 2 aromatic heterocycles. The molecule has 2 aromatic rings. The molecule has 2 rings (SSSR count). The molecule has 6 heteroatoms. The number of nitrogens with zero attached hydrogens (tertiary/aromatic N) is 3. The highest BCUT2D eigenvalue weighted by molar-refractivity contribution is 7.98. The number of aromatic nitrogens is 3. The Morgan fingerprint density at radius 3 is 3.00 bits per heavy atom. The second kappa shape index (κ2) is 6.65. The minimum Gasteiger partial charge on any atom is -0.369 e. The maximum Gasteiger partial charge on any atom is 0.180 e. The van der Waals surface area contributed by atoms with Gasteiger partial charge in [0.25, 0.3) is 0 Å². The molecule has 0 amide bonds. The average molecular weight is 279 g/mol. The van der Waals surface area contributed by atoms with Crippen LogP contribution in [-0.4, -0.2) is 39.5 Å². The number of fused-ring (bicyclic) bond motifs is 1. The van der Waals surface area contributed by atoms with Crippen molar-refractivity contribution in [2.75, 3.05) is 35.7 Å². The summed E-state index contributed by atoms with van der Waals surface area (Å²) in [5, 5.41) is 6.65. The quantitative estimate of drug-likeness (QED) is 0.816. The molecule has 0 bridgehead atoms. The van der Waals surface area contributed by atoms with Gasteiger partial charge in [-0.3, -0.25) is 0 Å². The summed E-state index contributed by atoms with van der Waals surface area (Å²) in [4.78, 5) is 8.93. The third kappa shape index (κ3) is 3.53. The molecule has 104 valence electrons. The predicted octanol–water partition coefficient (Wildman–Crippen LogP) is 2.57. The molecule has 0 fully saturated rings. The molecule has 0 saturated carbocycles. The highest BCUT2D eigenvalue weighted by Crippen LogP contribution is 2.17. The van der Waals surface area contributed by atoms with Crippen molar-refractivity contribution in [3.63, 3.8) is 0 Å². The Hall–Kier alpha value is -1.43. The van der Waals surface area contributed by atoms with Gasteiger partial charge in [0.05, 0.1) is 6.20 Å². The van der Waals surface area contributed by atoms with E-state index in [-0.39, 0.29) is 0 Å². The molecule has 0 aliphatic carbocycles. The smallest absolute Gasteiger partial charge is 0.180 e. The van der Waals surface area contributed by atoms with Crippen molar-refractivity contribution in [2.24, 2.45) is 5.92 Å². The lowest BCUT2D eigenvalue weighted by molar-refractivity contribution is 0.699. The van der Waals surface area contributed by atoms with Crippen LogP contribution in [0.2, 0.25) is 0 Å². The first kappa shape index (κ1) is 14.0. The van der Waals surface area contributed by atoms with Crippen LogP contribution in [-0.2, 0) is 0 Å². The average Bonchev–Trinajstić information content (AvgIpc) is 2.85. The first-order valence-electron chi connectivity index (χ1n) is 6.55. The Morgan fingerprint density at radius 1 is 1.42 bits per heavy atom. The van der Waals surface area contributed by atoms with Gasteiger partial charge in [-0.15, -0.1) is 0 Å². The third-order valence-corrected chi connectivity index (χ3v) is 3.70. The van der Waals surface area contributed by atoms with Crippen LogP contribution >= 0.6 is 11.8 Å². The lowest BCUT2D eigenvalue weighted by atomic mass is 10.2. The number of hydrogen-bond acceptors (Lipinski definition) is 5. The molecule has 2 heterocycles.